The minimum absolute atomic E-state index is 0.0725. The van der Waals surface area contributed by atoms with Crippen molar-refractivity contribution in [2.45, 2.75) is 52.1 Å². The van der Waals surface area contributed by atoms with Gasteiger partial charge in [0.2, 0.25) is 5.91 Å². The number of rotatable bonds is 13. The zero-order valence-corrected chi connectivity index (χ0v) is 22.6. The largest absolute Gasteiger partial charge is 0.497 e. The molecule has 1 saturated heterocycles. The number of hydrogen-bond acceptors (Lipinski definition) is 6. The van der Waals surface area contributed by atoms with Gasteiger partial charge in [-0.3, -0.25) is 4.79 Å². The third-order valence-corrected chi connectivity index (χ3v) is 7.23. The number of carbonyl (C=O) groups excluding carboxylic acids is 2. The van der Waals surface area contributed by atoms with Crippen LogP contribution >= 0.6 is 0 Å². The van der Waals surface area contributed by atoms with E-state index in [1.807, 2.05) is 43.0 Å². The van der Waals surface area contributed by atoms with Crippen LogP contribution in [0, 0.1) is 11.8 Å². The van der Waals surface area contributed by atoms with Gasteiger partial charge < -0.3 is 23.8 Å². The van der Waals surface area contributed by atoms with E-state index < -0.39 is 5.97 Å². The van der Waals surface area contributed by atoms with Crippen LogP contribution in [0.1, 0.15) is 44.2 Å². The third-order valence-electron chi connectivity index (χ3n) is 7.23. The molecule has 0 aliphatic carbocycles. The Kier molecular flexibility index (Phi) is 11.3. The van der Waals surface area contributed by atoms with Gasteiger partial charge in [-0.15, -0.1) is 0 Å². The number of nitrogens with zero attached hydrogens (tertiary/aromatic N) is 1. The van der Waals surface area contributed by atoms with Crippen LogP contribution in [0.3, 0.4) is 0 Å². The number of carbonyl (C=O) groups is 2. The van der Waals surface area contributed by atoms with E-state index in [1.165, 1.54) is 11.1 Å². The summed E-state index contributed by atoms with van der Waals surface area (Å²) < 4.78 is 21.2. The molecule has 2 aromatic carbocycles. The molecule has 1 unspecified atom stereocenters. The Bertz CT molecular complexity index is 917. The van der Waals surface area contributed by atoms with Gasteiger partial charge in [0.15, 0.2) is 0 Å². The van der Waals surface area contributed by atoms with Crippen LogP contribution in [-0.4, -0.2) is 63.4 Å². The molecule has 1 amide bonds. The van der Waals surface area contributed by atoms with Gasteiger partial charge in [0.1, 0.15) is 24.7 Å². The van der Waals surface area contributed by atoms with E-state index in [-0.39, 0.29) is 25.2 Å². The standard InChI is InChI=1S/C30H41NO6/c1-5-22(2)37-30(33)21-36-20-29(32)31-16-14-25(15-17-31)26(18-23-6-10-27(34-3)11-7-23)19-24-8-12-28(35-4)13-9-24/h6-13,22,25-26H,5,14-21H2,1-4H3. The monoisotopic (exact) mass is 511 g/mol. The van der Waals surface area contributed by atoms with Crippen LogP contribution in [0.5, 0.6) is 11.5 Å². The lowest BCUT2D eigenvalue weighted by Crippen LogP contribution is -2.42. The Morgan fingerprint density at radius 3 is 1.84 bits per heavy atom. The van der Waals surface area contributed by atoms with Crippen LogP contribution < -0.4 is 9.47 Å². The molecule has 1 aliphatic heterocycles. The van der Waals surface area contributed by atoms with E-state index >= 15 is 0 Å². The molecule has 1 atom stereocenters. The number of amides is 1. The van der Waals surface area contributed by atoms with E-state index in [4.69, 9.17) is 18.9 Å². The Balaban J connectivity index is 1.56. The maximum absolute atomic E-state index is 12.7. The smallest absolute Gasteiger partial charge is 0.332 e. The molecule has 7 heteroatoms. The van der Waals surface area contributed by atoms with Crippen LogP contribution in [0.4, 0.5) is 0 Å². The summed E-state index contributed by atoms with van der Waals surface area (Å²) in [6.45, 7) is 4.89. The highest BCUT2D eigenvalue weighted by Gasteiger charge is 2.29. The third kappa shape index (κ3) is 9.08. The number of ether oxygens (including phenoxy) is 4. The Hall–Kier alpha value is -3.06. The number of hydrogen-bond donors (Lipinski definition) is 0. The Labute approximate surface area is 221 Å². The maximum atomic E-state index is 12.7. The summed E-state index contributed by atoms with van der Waals surface area (Å²) in [7, 11) is 3.36. The van der Waals surface area contributed by atoms with Gasteiger partial charge in [-0.1, -0.05) is 31.2 Å². The first-order chi connectivity index (χ1) is 17.9. The predicted octanol–water partition coefficient (Wildman–Crippen LogP) is 4.70. The SMILES string of the molecule is CCC(C)OC(=O)COCC(=O)N1CCC(C(Cc2ccc(OC)cc2)Cc2ccc(OC)cc2)CC1. The summed E-state index contributed by atoms with van der Waals surface area (Å²) in [5, 5.41) is 0. The zero-order valence-electron chi connectivity index (χ0n) is 22.6. The molecule has 0 radical (unpaired) electrons. The Morgan fingerprint density at radius 1 is 0.865 bits per heavy atom. The number of esters is 1. The molecule has 1 fully saturated rings. The fourth-order valence-electron chi connectivity index (χ4n) is 4.81. The van der Waals surface area contributed by atoms with Gasteiger partial charge in [0.25, 0.3) is 0 Å². The first kappa shape index (κ1) is 28.5. The lowest BCUT2D eigenvalue weighted by Gasteiger charge is -2.36. The average molecular weight is 512 g/mol. The van der Waals surface area contributed by atoms with Crippen molar-refractivity contribution < 1.29 is 28.5 Å². The van der Waals surface area contributed by atoms with E-state index in [1.54, 1.807) is 14.2 Å². The maximum Gasteiger partial charge on any atom is 0.332 e. The fraction of sp³-hybridized carbons (Fsp3) is 0.533. The lowest BCUT2D eigenvalue weighted by molar-refractivity contribution is -0.155. The van der Waals surface area contributed by atoms with Crippen molar-refractivity contribution in [3.05, 3.63) is 59.7 Å². The van der Waals surface area contributed by atoms with Crippen LogP contribution in [0.25, 0.3) is 0 Å². The lowest BCUT2D eigenvalue weighted by atomic mass is 9.77. The molecular weight excluding hydrogens is 470 g/mol. The van der Waals surface area contributed by atoms with Gasteiger partial charge in [-0.25, -0.2) is 4.79 Å². The van der Waals surface area contributed by atoms with Crippen molar-refractivity contribution in [2.24, 2.45) is 11.8 Å². The molecule has 2 aromatic rings. The number of benzene rings is 2. The summed E-state index contributed by atoms with van der Waals surface area (Å²) in [5.41, 5.74) is 2.57. The summed E-state index contributed by atoms with van der Waals surface area (Å²) in [5.74, 6) is 2.16. The van der Waals surface area contributed by atoms with Crippen molar-refractivity contribution in [3.63, 3.8) is 0 Å². The minimum atomic E-state index is -0.430. The number of piperidine rings is 1. The summed E-state index contributed by atoms with van der Waals surface area (Å²) in [6.07, 6.45) is 4.43. The van der Waals surface area contributed by atoms with Gasteiger partial charge >= 0.3 is 5.97 Å². The molecule has 1 heterocycles. The van der Waals surface area contributed by atoms with Crippen molar-refractivity contribution >= 4 is 11.9 Å². The topological polar surface area (TPSA) is 74.3 Å². The second kappa shape index (κ2) is 14.6. The summed E-state index contributed by atoms with van der Waals surface area (Å²) in [4.78, 5) is 26.3. The molecule has 0 spiro atoms. The highest BCUT2D eigenvalue weighted by Crippen LogP contribution is 2.31. The first-order valence-electron chi connectivity index (χ1n) is 13.2. The van der Waals surface area contributed by atoms with Crippen molar-refractivity contribution in [1.29, 1.82) is 0 Å². The molecule has 3 rings (SSSR count). The summed E-state index contributed by atoms with van der Waals surface area (Å²) in [6, 6.07) is 16.6. The highest BCUT2D eigenvalue weighted by atomic mass is 16.6. The van der Waals surface area contributed by atoms with Gasteiger partial charge in [0, 0.05) is 13.1 Å². The molecule has 0 bridgehead atoms. The molecular formula is C30H41NO6. The predicted molar refractivity (Wildman–Crippen MR) is 143 cm³/mol. The van der Waals surface area contributed by atoms with Crippen LogP contribution in [-0.2, 0) is 31.9 Å². The number of likely N-dealkylation sites (tertiary alicyclic amines) is 1. The van der Waals surface area contributed by atoms with Crippen molar-refractivity contribution in [3.8, 4) is 11.5 Å². The van der Waals surface area contributed by atoms with Gasteiger partial charge in [0.05, 0.1) is 20.3 Å². The second-order valence-corrected chi connectivity index (χ2v) is 9.78. The second-order valence-electron chi connectivity index (χ2n) is 9.78. The molecule has 0 N–H and O–H groups in total. The molecule has 0 aromatic heterocycles. The van der Waals surface area contributed by atoms with Crippen LogP contribution in [0.2, 0.25) is 0 Å². The quantitative estimate of drug-likeness (QED) is 0.363. The fourth-order valence-corrected chi connectivity index (χ4v) is 4.81. The molecule has 37 heavy (non-hydrogen) atoms. The molecule has 0 saturated carbocycles. The van der Waals surface area contributed by atoms with Crippen LogP contribution in [0.15, 0.2) is 48.5 Å². The molecule has 1 aliphatic rings. The normalized spacial score (nSPS) is 14.9. The minimum Gasteiger partial charge on any atom is -0.497 e. The van der Waals surface area contributed by atoms with Gasteiger partial charge in [-0.2, -0.15) is 0 Å². The van der Waals surface area contributed by atoms with Crippen molar-refractivity contribution in [1.82, 2.24) is 4.90 Å². The van der Waals surface area contributed by atoms with E-state index in [0.717, 1.165) is 43.6 Å². The van der Waals surface area contributed by atoms with Gasteiger partial charge in [-0.05, 0) is 86.3 Å². The Morgan fingerprint density at radius 2 is 1.38 bits per heavy atom. The zero-order chi connectivity index (χ0) is 26.6. The van der Waals surface area contributed by atoms with Crippen molar-refractivity contribution in [2.75, 3.05) is 40.5 Å². The highest BCUT2D eigenvalue weighted by molar-refractivity contribution is 5.78. The first-order valence-corrected chi connectivity index (χ1v) is 13.2. The van der Waals surface area contributed by atoms with E-state index in [0.29, 0.717) is 24.9 Å². The number of methoxy groups -OCH3 is 2. The molecule has 7 nitrogen and oxygen atoms in total. The van der Waals surface area contributed by atoms with E-state index in [2.05, 4.69) is 24.3 Å². The summed E-state index contributed by atoms with van der Waals surface area (Å²) >= 11 is 0. The average Bonchev–Trinajstić information content (AvgIpc) is 2.93. The molecule has 202 valence electrons. The van der Waals surface area contributed by atoms with E-state index in [9.17, 15) is 9.59 Å².